The summed E-state index contributed by atoms with van der Waals surface area (Å²) in [5, 5.41) is 12.5. The topological polar surface area (TPSA) is 83.9 Å². The zero-order valence-corrected chi connectivity index (χ0v) is 16.7. The highest BCUT2D eigenvalue weighted by molar-refractivity contribution is 9.10. The van der Waals surface area contributed by atoms with E-state index in [0.29, 0.717) is 29.1 Å². The van der Waals surface area contributed by atoms with Crippen molar-refractivity contribution in [2.45, 2.75) is 18.6 Å². The van der Waals surface area contributed by atoms with E-state index in [1.54, 1.807) is 6.07 Å². The minimum Gasteiger partial charge on any atom is -0.406 e. The number of amides is 1. The highest BCUT2D eigenvalue weighted by Crippen LogP contribution is 2.29. The zero-order chi connectivity index (χ0) is 21.2. The van der Waals surface area contributed by atoms with Crippen molar-refractivity contribution >= 4 is 33.3 Å². The average molecular weight is 476 g/mol. The van der Waals surface area contributed by atoms with Crippen molar-refractivity contribution < 1.29 is 32.5 Å². The number of halogens is 4. The first-order chi connectivity index (χ1) is 13.7. The Hall–Kier alpha value is -2.37. The van der Waals surface area contributed by atoms with Crippen LogP contribution < -0.4 is 15.0 Å². The molecule has 2 unspecified atom stereocenters. The number of nitrogens with one attached hydrogen (secondary N) is 1. The summed E-state index contributed by atoms with van der Waals surface area (Å²) in [7, 11) is 1.52. The summed E-state index contributed by atoms with van der Waals surface area (Å²) in [6.45, 7) is 0.809. The van der Waals surface area contributed by atoms with E-state index < -0.39 is 18.4 Å². The molecular formula is C18H17BrF3N3O4. The van der Waals surface area contributed by atoms with Crippen LogP contribution in [0.25, 0.3) is 0 Å². The predicted octanol–water partition coefficient (Wildman–Crippen LogP) is 3.19. The summed E-state index contributed by atoms with van der Waals surface area (Å²) >= 11 is 3.38. The van der Waals surface area contributed by atoms with Crippen molar-refractivity contribution in [3.05, 3.63) is 46.6 Å². The molecule has 1 aromatic carbocycles. The average Bonchev–Trinajstić information content (AvgIpc) is 3.02. The first-order valence-corrected chi connectivity index (χ1v) is 9.24. The Morgan fingerprint density at radius 3 is 2.55 bits per heavy atom. The van der Waals surface area contributed by atoms with Gasteiger partial charge in [-0.15, -0.1) is 13.2 Å². The van der Waals surface area contributed by atoms with Gasteiger partial charge in [0.15, 0.2) is 0 Å². The van der Waals surface area contributed by atoms with Crippen LogP contribution in [0.5, 0.6) is 5.75 Å². The van der Waals surface area contributed by atoms with E-state index in [9.17, 15) is 23.1 Å². The van der Waals surface area contributed by atoms with Gasteiger partial charge < -0.3 is 24.8 Å². The molecule has 11 heteroatoms. The molecule has 2 heterocycles. The summed E-state index contributed by atoms with van der Waals surface area (Å²) in [6.07, 6.45) is -4.36. The van der Waals surface area contributed by atoms with Crippen LogP contribution in [0.2, 0.25) is 0 Å². The molecule has 1 aliphatic rings. The van der Waals surface area contributed by atoms with Crippen LogP contribution >= 0.6 is 15.9 Å². The van der Waals surface area contributed by atoms with Crippen LogP contribution in [-0.4, -0.2) is 54.8 Å². The largest absolute Gasteiger partial charge is 0.573 e. The molecule has 1 saturated heterocycles. The van der Waals surface area contributed by atoms with Crippen LogP contribution in [0.1, 0.15) is 10.4 Å². The van der Waals surface area contributed by atoms with Crippen molar-refractivity contribution in [3.63, 3.8) is 0 Å². The van der Waals surface area contributed by atoms with Crippen LogP contribution in [0.15, 0.2) is 41.0 Å². The fourth-order valence-electron chi connectivity index (χ4n) is 2.89. The highest BCUT2D eigenvalue weighted by Gasteiger charge is 2.33. The predicted molar refractivity (Wildman–Crippen MR) is 102 cm³/mol. The van der Waals surface area contributed by atoms with Gasteiger partial charge in [0.05, 0.1) is 16.1 Å². The Morgan fingerprint density at radius 2 is 2.00 bits per heavy atom. The van der Waals surface area contributed by atoms with Gasteiger partial charge in [0.25, 0.3) is 5.91 Å². The van der Waals surface area contributed by atoms with E-state index in [1.807, 2.05) is 4.90 Å². The van der Waals surface area contributed by atoms with Gasteiger partial charge in [-0.25, -0.2) is 4.98 Å². The fourth-order valence-corrected chi connectivity index (χ4v) is 3.49. The zero-order valence-electron chi connectivity index (χ0n) is 15.1. The second kappa shape index (κ2) is 8.56. The quantitative estimate of drug-likeness (QED) is 0.690. The number of anilines is 2. The Kier molecular flexibility index (Phi) is 6.30. The van der Waals surface area contributed by atoms with Gasteiger partial charge in [-0.2, -0.15) is 0 Å². The molecule has 2 atom stereocenters. The molecule has 1 aromatic heterocycles. The second-order valence-corrected chi connectivity index (χ2v) is 7.16. The van der Waals surface area contributed by atoms with Gasteiger partial charge in [0, 0.05) is 32.1 Å². The van der Waals surface area contributed by atoms with Gasteiger partial charge >= 0.3 is 6.36 Å². The number of β-amino-alcohol motifs (C(OH)–C–C–N with tert-alkyl or cyclic N) is 1. The molecule has 156 valence electrons. The number of hydrogen-bond acceptors (Lipinski definition) is 6. The Balaban J connectivity index is 1.66. The molecule has 3 rings (SSSR count). The number of aliphatic hydroxyl groups excluding tert-OH is 1. The number of carbonyl (C=O) groups is 1. The number of ether oxygens (including phenoxy) is 2. The maximum atomic E-state index is 12.4. The molecule has 29 heavy (non-hydrogen) atoms. The van der Waals surface area contributed by atoms with E-state index in [0.717, 1.165) is 12.1 Å². The third-order valence-electron chi connectivity index (χ3n) is 4.27. The molecule has 0 aliphatic carbocycles. The van der Waals surface area contributed by atoms with Gasteiger partial charge in [0.1, 0.15) is 17.7 Å². The summed E-state index contributed by atoms with van der Waals surface area (Å²) in [6, 6.07) is 6.38. The number of aromatic nitrogens is 1. The number of methoxy groups -OCH3 is 1. The Labute approximate surface area is 172 Å². The van der Waals surface area contributed by atoms with Gasteiger partial charge in [-0.3, -0.25) is 4.79 Å². The van der Waals surface area contributed by atoms with Crippen molar-refractivity contribution in [2.75, 3.05) is 30.4 Å². The van der Waals surface area contributed by atoms with Crippen molar-refractivity contribution in [1.82, 2.24) is 4.98 Å². The van der Waals surface area contributed by atoms with E-state index in [2.05, 4.69) is 31.0 Å². The number of benzene rings is 1. The molecule has 1 fully saturated rings. The van der Waals surface area contributed by atoms with Crippen LogP contribution in [0.4, 0.5) is 24.7 Å². The van der Waals surface area contributed by atoms with Crippen molar-refractivity contribution in [3.8, 4) is 5.75 Å². The van der Waals surface area contributed by atoms with E-state index in [1.165, 1.54) is 25.4 Å². The van der Waals surface area contributed by atoms with Crippen molar-refractivity contribution in [2.24, 2.45) is 0 Å². The highest BCUT2D eigenvalue weighted by atomic mass is 79.9. The Morgan fingerprint density at radius 1 is 1.31 bits per heavy atom. The number of alkyl halides is 3. The molecule has 0 radical (unpaired) electrons. The smallest absolute Gasteiger partial charge is 0.406 e. The molecule has 2 aromatic rings. The van der Waals surface area contributed by atoms with Gasteiger partial charge in [0.2, 0.25) is 0 Å². The number of hydrogen-bond donors (Lipinski definition) is 2. The molecular weight excluding hydrogens is 459 g/mol. The first kappa shape index (κ1) is 21.3. The summed E-state index contributed by atoms with van der Waals surface area (Å²) in [5.74, 6) is -0.300. The number of carbonyl (C=O) groups excluding carboxylic acids is 1. The third kappa shape index (κ3) is 5.37. The molecule has 1 aliphatic heterocycles. The molecule has 7 nitrogen and oxygen atoms in total. The monoisotopic (exact) mass is 475 g/mol. The normalized spacial score (nSPS) is 19.3. The summed E-state index contributed by atoms with van der Waals surface area (Å²) < 4.78 is 46.1. The lowest BCUT2D eigenvalue weighted by molar-refractivity contribution is -0.274. The van der Waals surface area contributed by atoms with Gasteiger partial charge in [-0.1, -0.05) is 0 Å². The minimum absolute atomic E-state index is 0.249. The number of nitrogens with zero attached hydrogens (tertiary/aromatic N) is 2. The number of pyridine rings is 1. The summed E-state index contributed by atoms with van der Waals surface area (Å²) in [4.78, 5) is 18.5. The third-order valence-corrected chi connectivity index (χ3v) is 4.85. The van der Waals surface area contributed by atoms with E-state index >= 15 is 0 Å². The molecule has 0 saturated carbocycles. The minimum atomic E-state index is -4.78. The maximum absolute atomic E-state index is 12.4. The lowest BCUT2D eigenvalue weighted by Gasteiger charge is -2.18. The standard InChI is InChI=1S/C18H17BrF3N3O4/c1-28-15-9-25(8-14(15)26)16-13(19)6-10(7-23-16)17(27)24-11-2-4-12(5-3-11)29-18(20,21)22/h2-7,14-15,26H,8-9H2,1H3,(H,24,27). The lowest BCUT2D eigenvalue weighted by atomic mass is 10.2. The van der Waals surface area contributed by atoms with Gasteiger partial charge in [-0.05, 0) is 46.3 Å². The Bertz CT molecular complexity index is 880. The van der Waals surface area contributed by atoms with Crippen LogP contribution in [0, 0.1) is 0 Å². The molecule has 1 amide bonds. The summed E-state index contributed by atoms with van der Waals surface area (Å²) in [5.41, 5.74) is 0.551. The van der Waals surface area contributed by atoms with Crippen molar-refractivity contribution in [1.29, 1.82) is 0 Å². The van der Waals surface area contributed by atoms with Crippen LogP contribution in [-0.2, 0) is 4.74 Å². The van der Waals surface area contributed by atoms with E-state index in [4.69, 9.17) is 4.74 Å². The SMILES string of the molecule is COC1CN(c2ncc(C(=O)Nc3ccc(OC(F)(F)F)cc3)cc2Br)CC1O. The van der Waals surface area contributed by atoms with Crippen LogP contribution in [0.3, 0.4) is 0 Å². The molecule has 0 bridgehead atoms. The lowest BCUT2D eigenvalue weighted by Crippen LogP contribution is -2.25. The fraction of sp³-hybridized carbons (Fsp3) is 0.333. The molecule has 2 N–H and O–H groups in total. The maximum Gasteiger partial charge on any atom is 0.573 e. The molecule has 0 spiro atoms. The number of aliphatic hydroxyl groups is 1. The second-order valence-electron chi connectivity index (χ2n) is 6.30. The first-order valence-electron chi connectivity index (χ1n) is 8.45. The number of rotatable bonds is 5. The van der Waals surface area contributed by atoms with E-state index in [-0.39, 0.29) is 17.4 Å².